The molecule has 3 rings (SSSR count). The van der Waals surface area contributed by atoms with Crippen LogP contribution in [0, 0.1) is 23.7 Å². The summed E-state index contributed by atoms with van der Waals surface area (Å²) in [4.78, 5) is 11.2. The second-order valence-corrected chi connectivity index (χ2v) is 6.13. The van der Waals surface area contributed by atoms with E-state index in [4.69, 9.17) is 9.47 Å². The van der Waals surface area contributed by atoms with Crippen molar-refractivity contribution in [2.45, 2.75) is 32.3 Å². The molecule has 3 aliphatic rings. The van der Waals surface area contributed by atoms with E-state index >= 15 is 0 Å². The molecule has 0 N–H and O–H groups in total. The third kappa shape index (κ3) is 2.36. The number of esters is 1. The molecule has 3 aliphatic carbocycles. The van der Waals surface area contributed by atoms with Gasteiger partial charge in [-0.25, -0.2) is 4.79 Å². The lowest BCUT2D eigenvalue weighted by Crippen LogP contribution is -2.31. The van der Waals surface area contributed by atoms with E-state index in [1.165, 1.54) is 19.3 Å². The highest BCUT2D eigenvalue weighted by Crippen LogP contribution is 2.57. The maximum atomic E-state index is 11.2. The molecule has 0 aromatic heterocycles. The van der Waals surface area contributed by atoms with E-state index in [-0.39, 0.29) is 5.97 Å². The molecule has 3 unspecified atom stereocenters. The average Bonchev–Trinajstić information content (AvgIpc) is 3.05. The molecule has 104 valence electrons. The van der Waals surface area contributed by atoms with Crippen LogP contribution in [0.1, 0.15) is 26.2 Å². The van der Waals surface area contributed by atoms with E-state index in [1.54, 1.807) is 6.92 Å². The molecule has 5 atom stereocenters. The van der Waals surface area contributed by atoms with E-state index in [2.05, 4.69) is 18.7 Å². The average molecular weight is 262 g/mol. The fraction of sp³-hybridized carbons (Fsp3) is 0.688. The SMILES string of the molecule is C=C(C)C(=O)OCCOC1C[C@@H]2C[C@H]1C1C=CCC12. The Balaban J connectivity index is 1.42. The summed E-state index contributed by atoms with van der Waals surface area (Å²) < 4.78 is 11.0. The van der Waals surface area contributed by atoms with Crippen LogP contribution < -0.4 is 0 Å². The molecule has 19 heavy (non-hydrogen) atoms. The standard InChI is InChI=1S/C16H22O3/c1-10(2)16(17)19-7-6-18-15-9-11-8-14(15)13-5-3-4-12(11)13/h3,5,11-15H,1,4,6-9H2,2H3/t11-,12?,13?,14-,15?/m0/s1. The minimum Gasteiger partial charge on any atom is -0.460 e. The van der Waals surface area contributed by atoms with Crippen LogP contribution in [0.3, 0.4) is 0 Å². The van der Waals surface area contributed by atoms with Crippen molar-refractivity contribution in [3.8, 4) is 0 Å². The topological polar surface area (TPSA) is 35.5 Å². The van der Waals surface area contributed by atoms with Gasteiger partial charge >= 0.3 is 5.97 Å². The zero-order valence-corrected chi connectivity index (χ0v) is 11.5. The minimum atomic E-state index is -0.324. The van der Waals surface area contributed by atoms with Crippen molar-refractivity contribution >= 4 is 5.97 Å². The van der Waals surface area contributed by atoms with Crippen LogP contribution in [0.15, 0.2) is 24.3 Å². The monoisotopic (exact) mass is 262 g/mol. The second kappa shape index (κ2) is 5.12. The molecular formula is C16H22O3. The molecule has 0 aromatic carbocycles. The van der Waals surface area contributed by atoms with Crippen molar-refractivity contribution < 1.29 is 14.3 Å². The van der Waals surface area contributed by atoms with Crippen LogP contribution in [0.25, 0.3) is 0 Å². The van der Waals surface area contributed by atoms with E-state index in [0.29, 0.717) is 30.8 Å². The lowest BCUT2D eigenvalue weighted by Gasteiger charge is -2.31. The lowest BCUT2D eigenvalue weighted by molar-refractivity contribution is -0.141. The molecule has 0 radical (unpaired) electrons. The highest BCUT2D eigenvalue weighted by Gasteiger charge is 2.52. The number of carbonyl (C=O) groups is 1. The van der Waals surface area contributed by atoms with Gasteiger partial charge < -0.3 is 9.47 Å². The van der Waals surface area contributed by atoms with E-state index in [1.807, 2.05) is 0 Å². The molecule has 0 amide bonds. The molecule has 0 saturated heterocycles. The van der Waals surface area contributed by atoms with Crippen molar-refractivity contribution in [1.29, 1.82) is 0 Å². The normalized spacial score (nSPS) is 38.5. The molecule has 3 heteroatoms. The van der Waals surface area contributed by atoms with Crippen LogP contribution in [0.4, 0.5) is 0 Å². The van der Waals surface area contributed by atoms with Gasteiger partial charge in [0.15, 0.2) is 0 Å². The summed E-state index contributed by atoms with van der Waals surface area (Å²) in [5.74, 6) is 2.88. The van der Waals surface area contributed by atoms with Crippen molar-refractivity contribution in [2.24, 2.45) is 23.7 Å². The Hall–Kier alpha value is -1.09. The number of allylic oxidation sites excluding steroid dienone is 2. The number of carbonyl (C=O) groups excluding carboxylic acids is 1. The van der Waals surface area contributed by atoms with Crippen molar-refractivity contribution in [3.05, 3.63) is 24.3 Å². The van der Waals surface area contributed by atoms with Gasteiger partial charge in [-0.1, -0.05) is 18.7 Å². The third-order valence-electron chi connectivity index (χ3n) is 4.95. The Morgan fingerprint density at radius 2 is 2.16 bits per heavy atom. The predicted molar refractivity (Wildman–Crippen MR) is 72.5 cm³/mol. The van der Waals surface area contributed by atoms with E-state index < -0.39 is 0 Å². The highest BCUT2D eigenvalue weighted by atomic mass is 16.6. The van der Waals surface area contributed by atoms with Gasteiger partial charge in [0.2, 0.25) is 0 Å². The zero-order chi connectivity index (χ0) is 13.4. The molecule has 3 nitrogen and oxygen atoms in total. The summed E-state index contributed by atoms with van der Waals surface area (Å²) in [6.07, 6.45) is 8.90. The fourth-order valence-electron chi connectivity index (χ4n) is 4.13. The fourth-order valence-corrected chi connectivity index (χ4v) is 4.13. The summed E-state index contributed by atoms with van der Waals surface area (Å²) in [6, 6.07) is 0. The molecular weight excluding hydrogens is 240 g/mol. The summed E-state index contributed by atoms with van der Waals surface area (Å²) >= 11 is 0. The minimum absolute atomic E-state index is 0.324. The zero-order valence-electron chi connectivity index (χ0n) is 11.5. The van der Waals surface area contributed by atoms with Gasteiger partial charge in [0, 0.05) is 5.57 Å². The quantitative estimate of drug-likeness (QED) is 0.331. The maximum Gasteiger partial charge on any atom is 0.333 e. The first-order chi connectivity index (χ1) is 9.16. The largest absolute Gasteiger partial charge is 0.460 e. The van der Waals surface area contributed by atoms with Gasteiger partial charge in [-0.2, -0.15) is 0 Å². The smallest absolute Gasteiger partial charge is 0.333 e. The van der Waals surface area contributed by atoms with Crippen molar-refractivity contribution in [3.63, 3.8) is 0 Å². The summed E-state index contributed by atoms with van der Waals surface area (Å²) in [7, 11) is 0. The van der Waals surface area contributed by atoms with Crippen LogP contribution in [-0.4, -0.2) is 25.3 Å². The summed E-state index contributed by atoms with van der Waals surface area (Å²) in [6.45, 7) is 6.06. The Morgan fingerprint density at radius 1 is 1.32 bits per heavy atom. The van der Waals surface area contributed by atoms with Crippen LogP contribution >= 0.6 is 0 Å². The second-order valence-electron chi connectivity index (χ2n) is 6.13. The number of hydrogen-bond acceptors (Lipinski definition) is 3. The Kier molecular flexibility index (Phi) is 3.48. The third-order valence-corrected chi connectivity index (χ3v) is 4.95. The van der Waals surface area contributed by atoms with Gasteiger partial charge in [0.1, 0.15) is 6.61 Å². The number of fused-ring (bicyclic) bond motifs is 5. The van der Waals surface area contributed by atoms with Gasteiger partial charge in [-0.3, -0.25) is 0 Å². The molecule has 2 bridgehead atoms. The highest BCUT2D eigenvalue weighted by molar-refractivity contribution is 5.86. The first-order valence-electron chi connectivity index (χ1n) is 7.27. The van der Waals surface area contributed by atoms with Crippen molar-refractivity contribution in [1.82, 2.24) is 0 Å². The first-order valence-corrected chi connectivity index (χ1v) is 7.27. The Labute approximate surface area is 114 Å². The lowest BCUT2D eigenvalue weighted by atomic mass is 9.80. The van der Waals surface area contributed by atoms with Crippen LogP contribution in [-0.2, 0) is 14.3 Å². The summed E-state index contributed by atoms with van der Waals surface area (Å²) in [5.41, 5.74) is 0.443. The van der Waals surface area contributed by atoms with Gasteiger partial charge in [0.05, 0.1) is 12.7 Å². The van der Waals surface area contributed by atoms with Crippen LogP contribution in [0.2, 0.25) is 0 Å². The number of ether oxygens (including phenoxy) is 2. The van der Waals surface area contributed by atoms with Crippen molar-refractivity contribution in [2.75, 3.05) is 13.2 Å². The van der Waals surface area contributed by atoms with Gasteiger partial charge in [-0.15, -0.1) is 0 Å². The molecule has 0 heterocycles. The number of hydrogen-bond donors (Lipinski definition) is 0. The Morgan fingerprint density at radius 3 is 2.95 bits per heavy atom. The first kappa shape index (κ1) is 12.9. The summed E-state index contributed by atoms with van der Waals surface area (Å²) in [5, 5.41) is 0. The maximum absolute atomic E-state index is 11.2. The molecule has 2 saturated carbocycles. The molecule has 0 aromatic rings. The number of rotatable bonds is 5. The molecule has 0 spiro atoms. The van der Waals surface area contributed by atoms with E-state index in [9.17, 15) is 4.79 Å². The van der Waals surface area contributed by atoms with E-state index in [0.717, 1.165) is 17.8 Å². The van der Waals surface area contributed by atoms with Gasteiger partial charge in [0.25, 0.3) is 0 Å². The molecule has 2 fully saturated rings. The predicted octanol–water partition coefficient (Wildman–Crippen LogP) is 2.72. The van der Waals surface area contributed by atoms with Crippen LogP contribution in [0.5, 0.6) is 0 Å². The molecule has 0 aliphatic heterocycles. The van der Waals surface area contributed by atoms with Gasteiger partial charge in [-0.05, 0) is 49.9 Å². The Bertz CT molecular complexity index is 412.